The lowest BCUT2D eigenvalue weighted by atomic mass is 9.31. The van der Waals surface area contributed by atoms with E-state index in [-0.39, 0.29) is 57.2 Å². The number of fused-ring (bicyclic) bond motifs is 11. The number of para-hydroxylation sites is 3. The second-order valence-electron chi connectivity index (χ2n) is 42.2. The summed E-state index contributed by atoms with van der Waals surface area (Å²) in [6.45, 7) is 51.5. The standard InChI is InChI=1S/C111H111B2N7/c1-66-54-72(107(9,10)11)55-67(2)97(66)102-98-83-62-80(116(75-32-25-23-26-33-75)76-34-27-24-28-35-76)64-96-100(83)112(86-58-73(108(12,13)14)60-88(114-102)99(86)98)84-51-50-79(63-95(84)118(96)78-46-41-69(42-47-78)105(3,4)5)119-90-37-30-29-36-81(90)82-56-68(40-52-91(82)119)65-111(21,22)70-43-48-77(49-44-70)117-92-53-45-71(106(6,7)8)57-85(92)113-87-59-74(109(15,16)17)61-89-103(87)120(104(115-89)110(18,19)20)94-39-31-38-93(117)101(94)113/h23-64,98H,65H2,1-22H3. The zero-order chi connectivity index (χ0) is 83.9. The number of nitrogens with zero attached hydrogens (tertiary/aromatic N) is 7. The minimum absolute atomic E-state index is 0.0205. The van der Waals surface area contributed by atoms with E-state index >= 15 is 0 Å². The normalized spacial score (nSPS) is 14.8. The predicted octanol–water partition coefficient (Wildman–Crippen LogP) is 25.0. The van der Waals surface area contributed by atoms with Crippen LogP contribution >= 0.6 is 0 Å². The van der Waals surface area contributed by atoms with E-state index in [4.69, 9.17) is 9.98 Å². The molecular formula is C111H111B2N7. The second kappa shape index (κ2) is 26.7. The van der Waals surface area contributed by atoms with Gasteiger partial charge >= 0.3 is 0 Å². The summed E-state index contributed by atoms with van der Waals surface area (Å²) in [7, 11) is 0. The molecule has 7 nitrogen and oxygen atoms in total. The molecular weight excluding hydrogens is 1450 g/mol. The molecule has 0 bridgehead atoms. The third kappa shape index (κ3) is 12.2. The number of imidazole rings is 1. The second-order valence-corrected chi connectivity index (χ2v) is 42.2. The Morgan fingerprint density at radius 1 is 0.358 bits per heavy atom. The molecule has 1 atom stereocenters. The van der Waals surface area contributed by atoms with Crippen LogP contribution in [-0.2, 0) is 44.3 Å². The Hall–Kier alpha value is -11.7. The molecule has 9 heteroatoms. The van der Waals surface area contributed by atoms with Crippen molar-refractivity contribution in [3.05, 3.63) is 327 Å². The first-order chi connectivity index (χ1) is 56.9. The first-order valence-electron chi connectivity index (χ1n) is 43.7. The van der Waals surface area contributed by atoms with Crippen molar-refractivity contribution in [2.24, 2.45) is 4.99 Å². The van der Waals surface area contributed by atoms with Crippen LogP contribution in [0.25, 0.3) is 44.2 Å². The molecule has 0 saturated heterocycles. The van der Waals surface area contributed by atoms with Crippen molar-refractivity contribution in [2.75, 3.05) is 14.7 Å². The van der Waals surface area contributed by atoms with Crippen LogP contribution in [0.2, 0.25) is 0 Å². The van der Waals surface area contributed by atoms with Gasteiger partial charge in [-0.3, -0.25) is 9.56 Å². The molecule has 0 amide bonds. The number of hydrogen-bond donors (Lipinski definition) is 0. The molecule has 7 heterocycles. The Morgan fingerprint density at radius 3 is 1.53 bits per heavy atom. The minimum Gasteiger partial charge on any atom is -0.311 e. The molecule has 13 aromatic carbocycles. The van der Waals surface area contributed by atoms with Gasteiger partial charge in [-0.1, -0.05) is 277 Å². The highest BCUT2D eigenvalue weighted by atomic mass is 15.2. The van der Waals surface area contributed by atoms with E-state index < -0.39 is 0 Å². The van der Waals surface area contributed by atoms with Crippen LogP contribution in [0.5, 0.6) is 0 Å². The summed E-state index contributed by atoms with van der Waals surface area (Å²) >= 11 is 0. The molecule has 0 spiro atoms. The summed E-state index contributed by atoms with van der Waals surface area (Å²) in [6.07, 6.45) is 0.845. The molecule has 20 rings (SSSR count). The van der Waals surface area contributed by atoms with Crippen LogP contribution in [0.1, 0.15) is 217 Å². The number of aliphatic imine (C=N–C) groups is 1. The van der Waals surface area contributed by atoms with Gasteiger partial charge in [0, 0.05) is 84.3 Å². The van der Waals surface area contributed by atoms with Crippen LogP contribution in [0.3, 0.4) is 0 Å². The third-order valence-corrected chi connectivity index (χ3v) is 27.1. The Bertz CT molecular complexity index is 6740. The summed E-state index contributed by atoms with van der Waals surface area (Å²) in [5, 5.41) is 2.48. The number of anilines is 9. The van der Waals surface area contributed by atoms with E-state index in [0.29, 0.717) is 0 Å². The maximum absolute atomic E-state index is 6.03. The Labute approximate surface area is 712 Å². The lowest BCUT2D eigenvalue weighted by Crippen LogP contribution is -2.62. The van der Waals surface area contributed by atoms with Gasteiger partial charge in [-0.15, -0.1) is 0 Å². The largest absolute Gasteiger partial charge is 0.311 e. The van der Waals surface area contributed by atoms with E-state index in [1.54, 1.807) is 0 Å². The minimum atomic E-state index is -0.231. The zero-order valence-corrected chi connectivity index (χ0v) is 74.3. The third-order valence-electron chi connectivity index (χ3n) is 27.1. The lowest BCUT2D eigenvalue weighted by molar-refractivity contribution is 0.523. The van der Waals surface area contributed by atoms with Crippen LogP contribution in [0.15, 0.2) is 260 Å². The van der Waals surface area contributed by atoms with Crippen LogP contribution in [0.4, 0.5) is 56.9 Å². The fraction of sp³-hybridized carbons (Fsp3) is 0.279. The van der Waals surface area contributed by atoms with Gasteiger partial charge in [0.15, 0.2) is 0 Å². The highest BCUT2D eigenvalue weighted by Crippen LogP contribution is 2.53. The fourth-order valence-electron chi connectivity index (χ4n) is 20.9. The van der Waals surface area contributed by atoms with Crippen molar-refractivity contribution in [2.45, 2.75) is 203 Å². The molecule has 0 aliphatic carbocycles. The van der Waals surface area contributed by atoms with Gasteiger partial charge in [0.05, 0.1) is 39.4 Å². The molecule has 120 heavy (non-hydrogen) atoms. The van der Waals surface area contributed by atoms with E-state index in [0.717, 1.165) is 69.0 Å². The van der Waals surface area contributed by atoms with Crippen molar-refractivity contribution < 1.29 is 0 Å². The van der Waals surface area contributed by atoms with Crippen molar-refractivity contribution in [3.8, 4) is 11.4 Å². The lowest BCUT2D eigenvalue weighted by Gasteiger charge is -2.43. The van der Waals surface area contributed by atoms with Gasteiger partial charge in [-0.25, -0.2) is 4.98 Å². The van der Waals surface area contributed by atoms with Gasteiger partial charge < -0.3 is 19.3 Å². The first-order valence-corrected chi connectivity index (χ1v) is 43.7. The Kier molecular flexibility index (Phi) is 17.1. The molecule has 2 aromatic heterocycles. The van der Waals surface area contributed by atoms with Crippen LogP contribution < -0.4 is 47.5 Å². The van der Waals surface area contributed by atoms with Gasteiger partial charge in [-0.2, -0.15) is 0 Å². The number of rotatable bonds is 10. The van der Waals surface area contributed by atoms with E-state index in [2.05, 4.69) is 431 Å². The van der Waals surface area contributed by atoms with E-state index in [9.17, 15) is 0 Å². The number of aryl methyl sites for hydroxylation is 2. The number of aromatic nitrogens is 3. The Balaban J connectivity index is 0.724. The Morgan fingerprint density at radius 2 is 0.900 bits per heavy atom. The summed E-state index contributed by atoms with van der Waals surface area (Å²) < 4.78 is 5.07. The molecule has 5 aliphatic heterocycles. The van der Waals surface area contributed by atoms with Gasteiger partial charge in [0.2, 0.25) is 6.71 Å². The molecule has 5 aliphatic rings. The fourth-order valence-corrected chi connectivity index (χ4v) is 20.9. The van der Waals surface area contributed by atoms with Crippen molar-refractivity contribution >= 4 is 142 Å². The average Bonchev–Trinajstić information content (AvgIpc) is 1.39. The first kappa shape index (κ1) is 77.0. The molecule has 15 aromatic rings. The molecule has 0 radical (unpaired) electrons. The van der Waals surface area contributed by atoms with Crippen LogP contribution in [-0.4, -0.2) is 33.3 Å². The maximum Gasteiger partial charge on any atom is 0.252 e. The summed E-state index contributed by atoms with van der Waals surface area (Å²) in [6, 6.07) is 99.2. The van der Waals surface area contributed by atoms with Crippen LogP contribution in [0, 0.1) is 13.8 Å². The van der Waals surface area contributed by atoms with Gasteiger partial charge in [0.25, 0.3) is 6.71 Å². The highest BCUT2D eigenvalue weighted by Gasteiger charge is 2.50. The van der Waals surface area contributed by atoms with E-state index in [1.165, 1.54) is 150 Å². The summed E-state index contributed by atoms with van der Waals surface area (Å²) in [5.41, 5.74) is 42.4. The number of benzene rings is 13. The highest BCUT2D eigenvalue weighted by molar-refractivity contribution is 7.00. The molecule has 0 fully saturated rings. The molecule has 0 N–H and O–H groups in total. The molecule has 1 unspecified atom stereocenters. The maximum atomic E-state index is 6.03. The van der Waals surface area contributed by atoms with Gasteiger partial charge in [0.1, 0.15) is 5.82 Å². The quantitative estimate of drug-likeness (QED) is 0.128. The van der Waals surface area contributed by atoms with Gasteiger partial charge in [-0.05, 0) is 263 Å². The van der Waals surface area contributed by atoms with Crippen molar-refractivity contribution in [1.82, 2.24) is 14.1 Å². The predicted molar refractivity (Wildman–Crippen MR) is 515 cm³/mol. The van der Waals surface area contributed by atoms with Crippen molar-refractivity contribution in [1.29, 1.82) is 0 Å². The topological polar surface area (TPSA) is 44.8 Å². The monoisotopic (exact) mass is 1560 g/mol. The molecule has 0 saturated carbocycles. The summed E-state index contributed by atoms with van der Waals surface area (Å²) in [4.78, 5) is 19.3. The number of hydrogen-bond acceptors (Lipinski definition) is 5. The average molecular weight is 1560 g/mol. The van der Waals surface area contributed by atoms with E-state index in [1.807, 2.05) is 0 Å². The smallest absolute Gasteiger partial charge is 0.252 e. The zero-order valence-electron chi connectivity index (χ0n) is 74.3. The SMILES string of the molecule is Cc1cc(C(C)(C)C)cc(C)c1C1=Nc2cc(C(C)(C)C)cc3c2C1c1cc(N(c2ccccc2)c2ccccc2)cc2c1B3c1ccc(-n3c4ccccc4c4cc(CC(C)(C)c5ccc(N6c7ccc(C(C)(C)C)cc7B7c8c6cccc8-n6c(C(C)(C)C)nc8cc(C(C)(C)C)cc7c86)cc5)ccc43)cc1N2c1ccc(C(C)(C)C)cc1. The van der Waals surface area contributed by atoms with Crippen molar-refractivity contribution in [3.63, 3.8) is 0 Å². The molecule has 596 valence electrons. The summed E-state index contributed by atoms with van der Waals surface area (Å²) in [5.74, 6) is 0.942.